The topological polar surface area (TPSA) is 124 Å². The number of anilines is 4. The molecule has 0 spiro atoms. The molecule has 0 radical (unpaired) electrons. The molecule has 0 aliphatic heterocycles. The van der Waals surface area contributed by atoms with Gasteiger partial charge in [-0.2, -0.15) is 10.4 Å². The summed E-state index contributed by atoms with van der Waals surface area (Å²) in [4.78, 5) is 25.5. The van der Waals surface area contributed by atoms with E-state index in [2.05, 4.69) is 38.3 Å². The molecule has 11 heteroatoms. The van der Waals surface area contributed by atoms with Crippen molar-refractivity contribution in [3.8, 4) is 23.1 Å². The molecule has 2 aromatic carbocycles. The van der Waals surface area contributed by atoms with Crippen LogP contribution in [0.2, 0.25) is 0 Å². The zero-order chi connectivity index (χ0) is 29.0. The SMILES string of the molecule is C=CC(=O)Nc1cc(Nc2nccc(-c3cc(C#N)c4c(c3)c(C)nn4C)n2)c(OC)cc1N(C)CCN(C)C. The van der Waals surface area contributed by atoms with E-state index in [0.29, 0.717) is 34.3 Å². The number of rotatable bonds is 10. The van der Waals surface area contributed by atoms with Gasteiger partial charge in [-0.15, -0.1) is 0 Å². The van der Waals surface area contributed by atoms with Crippen LogP contribution in [0.3, 0.4) is 0 Å². The largest absolute Gasteiger partial charge is 0.494 e. The van der Waals surface area contributed by atoms with Crippen molar-refractivity contribution in [3.63, 3.8) is 0 Å². The van der Waals surface area contributed by atoms with Gasteiger partial charge in [-0.05, 0) is 51.4 Å². The van der Waals surface area contributed by atoms with E-state index in [1.807, 2.05) is 52.1 Å². The van der Waals surface area contributed by atoms with E-state index in [0.717, 1.165) is 40.9 Å². The van der Waals surface area contributed by atoms with E-state index in [4.69, 9.17) is 9.72 Å². The number of methoxy groups -OCH3 is 1. The van der Waals surface area contributed by atoms with Gasteiger partial charge >= 0.3 is 0 Å². The first-order valence-corrected chi connectivity index (χ1v) is 12.6. The molecule has 0 aliphatic rings. The molecule has 4 aromatic rings. The predicted octanol–water partition coefficient (Wildman–Crippen LogP) is 4.08. The number of likely N-dealkylation sites (N-methyl/N-ethyl adjacent to an activating group) is 2. The molecule has 0 aliphatic carbocycles. The first kappa shape index (κ1) is 28.1. The van der Waals surface area contributed by atoms with Gasteiger partial charge in [-0.1, -0.05) is 6.58 Å². The summed E-state index contributed by atoms with van der Waals surface area (Å²) in [7, 11) is 9.38. The lowest BCUT2D eigenvalue weighted by Crippen LogP contribution is -2.29. The van der Waals surface area contributed by atoms with Gasteiger partial charge in [-0.3, -0.25) is 9.48 Å². The van der Waals surface area contributed by atoms with Crippen LogP contribution in [0.1, 0.15) is 11.3 Å². The second kappa shape index (κ2) is 11.8. The monoisotopic (exact) mass is 539 g/mol. The average Bonchev–Trinajstić information content (AvgIpc) is 3.24. The van der Waals surface area contributed by atoms with E-state index in [-0.39, 0.29) is 5.91 Å². The fraction of sp³-hybridized carbons (Fsp3) is 0.276. The van der Waals surface area contributed by atoms with Crippen LogP contribution in [0.15, 0.2) is 49.2 Å². The molecule has 0 unspecified atom stereocenters. The maximum atomic E-state index is 12.3. The van der Waals surface area contributed by atoms with Crippen molar-refractivity contribution in [2.75, 3.05) is 56.9 Å². The molecule has 40 heavy (non-hydrogen) atoms. The fourth-order valence-corrected chi connectivity index (χ4v) is 4.43. The van der Waals surface area contributed by atoms with Crippen molar-refractivity contribution in [1.82, 2.24) is 24.6 Å². The molecule has 0 saturated carbocycles. The van der Waals surface area contributed by atoms with Gasteiger partial charge in [0.15, 0.2) is 0 Å². The van der Waals surface area contributed by atoms with Crippen LogP contribution in [0.5, 0.6) is 5.75 Å². The third-order valence-electron chi connectivity index (χ3n) is 6.50. The van der Waals surface area contributed by atoms with Crippen LogP contribution >= 0.6 is 0 Å². The van der Waals surface area contributed by atoms with Crippen LogP contribution in [-0.4, -0.2) is 71.9 Å². The zero-order valence-corrected chi connectivity index (χ0v) is 23.6. The number of hydrogen-bond acceptors (Lipinski definition) is 9. The third-order valence-corrected chi connectivity index (χ3v) is 6.50. The first-order chi connectivity index (χ1) is 19.1. The Labute approximate surface area is 233 Å². The highest BCUT2D eigenvalue weighted by Crippen LogP contribution is 2.38. The lowest BCUT2D eigenvalue weighted by atomic mass is 10.0. The molecule has 4 rings (SSSR count). The number of fused-ring (bicyclic) bond motifs is 1. The fourth-order valence-electron chi connectivity index (χ4n) is 4.43. The van der Waals surface area contributed by atoms with Gasteiger partial charge in [0.2, 0.25) is 11.9 Å². The number of hydrogen-bond donors (Lipinski definition) is 2. The van der Waals surface area contributed by atoms with E-state index in [9.17, 15) is 10.1 Å². The molecule has 2 aromatic heterocycles. The Morgan fingerprint density at radius 2 is 1.98 bits per heavy atom. The molecular formula is C29H33N9O2. The Balaban J connectivity index is 1.73. The summed E-state index contributed by atoms with van der Waals surface area (Å²) in [6, 6.07) is 11.5. The number of amides is 1. The van der Waals surface area contributed by atoms with Crippen molar-refractivity contribution >= 4 is 39.8 Å². The number of aryl methyl sites for hydroxylation is 2. The number of nitrogens with zero attached hydrogens (tertiary/aromatic N) is 7. The summed E-state index contributed by atoms with van der Waals surface area (Å²) in [6.45, 7) is 7.04. The highest BCUT2D eigenvalue weighted by Gasteiger charge is 2.18. The Hall–Kier alpha value is -4.95. The van der Waals surface area contributed by atoms with Crippen molar-refractivity contribution in [3.05, 3.63) is 60.4 Å². The quantitative estimate of drug-likeness (QED) is 0.287. The third kappa shape index (κ3) is 5.87. The summed E-state index contributed by atoms with van der Waals surface area (Å²) in [5.41, 5.74) is 5.48. The highest BCUT2D eigenvalue weighted by atomic mass is 16.5. The van der Waals surface area contributed by atoms with Gasteiger partial charge < -0.3 is 25.2 Å². The van der Waals surface area contributed by atoms with Crippen molar-refractivity contribution in [2.24, 2.45) is 7.05 Å². The van der Waals surface area contributed by atoms with E-state index in [1.54, 1.807) is 36.2 Å². The van der Waals surface area contributed by atoms with Gasteiger partial charge in [0, 0.05) is 50.4 Å². The summed E-state index contributed by atoms with van der Waals surface area (Å²) >= 11 is 0. The van der Waals surface area contributed by atoms with Gasteiger partial charge in [0.1, 0.15) is 11.8 Å². The van der Waals surface area contributed by atoms with E-state index in [1.165, 1.54) is 6.08 Å². The summed E-state index contributed by atoms with van der Waals surface area (Å²) in [5.74, 6) is 0.550. The van der Waals surface area contributed by atoms with Crippen LogP contribution in [0.4, 0.5) is 23.0 Å². The molecule has 0 fully saturated rings. The van der Waals surface area contributed by atoms with E-state index >= 15 is 0 Å². The second-order valence-corrected chi connectivity index (χ2v) is 9.62. The molecule has 1 amide bonds. The smallest absolute Gasteiger partial charge is 0.247 e. The molecule has 0 atom stereocenters. The maximum Gasteiger partial charge on any atom is 0.247 e. The van der Waals surface area contributed by atoms with E-state index < -0.39 is 0 Å². The van der Waals surface area contributed by atoms with Crippen LogP contribution in [0, 0.1) is 18.3 Å². The molecule has 0 saturated heterocycles. The van der Waals surface area contributed by atoms with Crippen LogP contribution < -0.4 is 20.3 Å². The minimum atomic E-state index is -0.328. The van der Waals surface area contributed by atoms with Gasteiger partial charge in [-0.25, -0.2) is 9.97 Å². The average molecular weight is 540 g/mol. The molecule has 206 valence electrons. The lowest BCUT2D eigenvalue weighted by Gasteiger charge is -2.26. The Bertz CT molecular complexity index is 1620. The van der Waals surface area contributed by atoms with Gasteiger partial charge in [0.25, 0.3) is 0 Å². The Morgan fingerprint density at radius 3 is 2.65 bits per heavy atom. The number of carbonyl (C=O) groups excluding carboxylic acids is 1. The second-order valence-electron chi connectivity index (χ2n) is 9.62. The molecule has 11 nitrogen and oxygen atoms in total. The molecule has 2 N–H and O–H groups in total. The Kier molecular flexibility index (Phi) is 8.31. The summed E-state index contributed by atoms with van der Waals surface area (Å²) in [5, 5.41) is 21.3. The number of carbonyl (C=O) groups is 1. The van der Waals surface area contributed by atoms with Crippen molar-refractivity contribution in [2.45, 2.75) is 6.92 Å². The molecule has 0 bridgehead atoms. The minimum Gasteiger partial charge on any atom is -0.494 e. The lowest BCUT2D eigenvalue weighted by molar-refractivity contribution is -0.111. The molecule has 2 heterocycles. The number of ether oxygens (including phenoxy) is 1. The normalized spacial score (nSPS) is 10.8. The first-order valence-electron chi connectivity index (χ1n) is 12.6. The number of nitrogens with one attached hydrogen (secondary N) is 2. The number of aromatic nitrogens is 4. The van der Waals surface area contributed by atoms with Crippen molar-refractivity contribution < 1.29 is 9.53 Å². The van der Waals surface area contributed by atoms with Crippen LogP contribution in [0.25, 0.3) is 22.2 Å². The van der Waals surface area contributed by atoms with Crippen molar-refractivity contribution in [1.29, 1.82) is 5.26 Å². The summed E-state index contributed by atoms with van der Waals surface area (Å²) in [6.07, 6.45) is 2.87. The standard InChI is InChI=1S/C29H33N9O2/c1-8-27(39)32-23-15-24(26(40-7)16-25(23)37(5)12-11-36(3)4)34-29-31-10-9-22(33-29)19-13-20(17-30)28-21(14-19)18(2)35-38(28)6/h8-10,13-16H,1,11-12H2,2-7H3,(H,32,39)(H,31,33,34). The number of benzene rings is 2. The Morgan fingerprint density at radius 1 is 1.20 bits per heavy atom. The maximum absolute atomic E-state index is 12.3. The van der Waals surface area contributed by atoms with Crippen LogP contribution in [-0.2, 0) is 11.8 Å². The zero-order valence-electron chi connectivity index (χ0n) is 23.6. The highest BCUT2D eigenvalue weighted by molar-refractivity contribution is 6.02. The predicted molar refractivity (Wildman–Crippen MR) is 158 cm³/mol. The molecular weight excluding hydrogens is 506 g/mol. The minimum absolute atomic E-state index is 0.326. The number of nitriles is 1. The summed E-state index contributed by atoms with van der Waals surface area (Å²) < 4.78 is 7.41. The van der Waals surface area contributed by atoms with Gasteiger partial charge in [0.05, 0.1) is 46.6 Å².